The number of hydrogen-bond acceptors (Lipinski definition) is 5. The summed E-state index contributed by atoms with van der Waals surface area (Å²) in [6.07, 6.45) is 2.20. The van der Waals surface area contributed by atoms with E-state index in [9.17, 15) is 9.59 Å². The van der Waals surface area contributed by atoms with Crippen molar-refractivity contribution in [3.05, 3.63) is 115 Å². The Labute approximate surface area is 264 Å². The topological polar surface area (TPSA) is 92.8 Å². The van der Waals surface area contributed by atoms with Crippen molar-refractivity contribution in [3.8, 4) is 22.6 Å². The molecule has 10 heteroatoms. The first kappa shape index (κ1) is 29.6. The molecule has 0 aliphatic carbocycles. The number of hydrazone groups is 1. The maximum atomic E-state index is 13.5. The Morgan fingerprint density at radius 1 is 1.02 bits per heavy atom. The van der Waals surface area contributed by atoms with Gasteiger partial charge in [0.05, 0.1) is 23.4 Å². The zero-order valence-corrected chi connectivity index (χ0v) is 26.4. The molecule has 0 unspecified atom stereocenters. The maximum Gasteiger partial charge on any atom is 0.343 e. The minimum atomic E-state index is -0.562. The number of aromatic nitrogens is 1. The van der Waals surface area contributed by atoms with Gasteiger partial charge in [-0.2, -0.15) is 5.10 Å². The van der Waals surface area contributed by atoms with Gasteiger partial charge in [0.2, 0.25) is 0 Å². The highest BCUT2D eigenvalue weighted by molar-refractivity contribution is 9.11. The van der Waals surface area contributed by atoms with E-state index in [1.54, 1.807) is 49.6 Å². The van der Waals surface area contributed by atoms with Crippen molar-refractivity contribution < 1.29 is 19.1 Å². The van der Waals surface area contributed by atoms with Crippen molar-refractivity contribution in [1.82, 2.24) is 10.4 Å². The van der Waals surface area contributed by atoms with Gasteiger partial charge < -0.3 is 14.5 Å². The van der Waals surface area contributed by atoms with Crippen molar-refractivity contribution in [2.24, 2.45) is 5.10 Å². The van der Waals surface area contributed by atoms with E-state index in [4.69, 9.17) is 21.1 Å². The molecule has 0 spiro atoms. The molecule has 1 amide bonds. The monoisotopic (exact) mass is 707 g/mol. The average molecular weight is 710 g/mol. The highest BCUT2D eigenvalue weighted by atomic mass is 79.9. The molecule has 212 valence electrons. The first-order valence-corrected chi connectivity index (χ1v) is 14.8. The number of aromatic amines is 1. The quantitative estimate of drug-likeness (QED) is 0.0731. The number of carbonyl (C=O) groups excluding carboxylic acids is 2. The highest BCUT2D eigenvalue weighted by Crippen LogP contribution is 2.38. The third-order valence-corrected chi connectivity index (χ3v) is 7.98. The van der Waals surface area contributed by atoms with E-state index >= 15 is 0 Å². The molecule has 0 bridgehead atoms. The van der Waals surface area contributed by atoms with Crippen molar-refractivity contribution >= 4 is 72.5 Å². The molecule has 0 fully saturated rings. The lowest BCUT2D eigenvalue weighted by molar-refractivity contribution is 0.0732. The first-order chi connectivity index (χ1) is 20.3. The van der Waals surface area contributed by atoms with Crippen LogP contribution in [0.4, 0.5) is 0 Å². The van der Waals surface area contributed by atoms with Crippen LogP contribution in [-0.4, -0.2) is 30.2 Å². The molecule has 5 aromatic rings. The van der Waals surface area contributed by atoms with Crippen LogP contribution < -0.4 is 14.9 Å². The van der Waals surface area contributed by atoms with E-state index < -0.39 is 11.9 Å². The minimum Gasteiger partial charge on any atom is -0.497 e. The van der Waals surface area contributed by atoms with Crippen LogP contribution in [0.25, 0.3) is 22.0 Å². The number of H-pyrrole nitrogens is 1. The molecule has 0 saturated carbocycles. The van der Waals surface area contributed by atoms with E-state index in [1.807, 2.05) is 36.4 Å². The van der Waals surface area contributed by atoms with Crippen molar-refractivity contribution in [2.75, 3.05) is 7.11 Å². The number of ether oxygens (including phenoxy) is 2. The second-order valence-electron chi connectivity index (χ2n) is 9.17. The van der Waals surface area contributed by atoms with Gasteiger partial charge in [-0.3, -0.25) is 4.79 Å². The number of nitrogens with zero attached hydrogens (tertiary/aromatic N) is 1. The summed E-state index contributed by atoms with van der Waals surface area (Å²) in [5.74, 6) is -0.149. The Hall–Kier alpha value is -3.92. The third-order valence-electron chi connectivity index (χ3n) is 6.60. The molecular weight excluding hydrogens is 686 g/mol. The molecule has 0 radical (unpaired) electrons. The summed E-state index contributed by atoms with van der Waals surface area (Å²) in [5, 5.41) is 5.62. The standard InChI is InChI=1S/C32H24Br2ClN3O4/c1-3-18-7-6-9-24-27(23-8-4-5-10-26(23)35)29(37-28(18)24)31(39)38-36-17-20-15-21(33)16-25(34)30(20)42-32(40)19-11-13-22(41-2)14-12-19/h4-17,37H,3H2,1-2H3,(H,38,39). The largest absolute Gasteiger partial charge is 0.497 e. The van der Waals surface area contributed by atoms with Crippen LogP contribution in [0.5, 0.6) is 11.5 Å². The Bertz CT molecular complexity index is 1830. The van der Waals surface area contributed by atoms with E-state index in [-0.39, 0.29) is 5.75 Å². The van der Waals surface area contributed by atoms with Gasteiger partial charge in [0, 0.05) is 37.1 Å². The zero-order valence-electron chi connectivity index (χ0n) is 22.5. The van der Waals surface area contributed by atoms with Gasteiger partial charge in [0.15, 0.2) is 5.75 Å². The summed E-state index contributed by atoms with van der Waals surface area (Å²) >= 11 is 13.5. The lowest BCUT2D eigenvalue weighted by Crippen LogP contribution is -2.19. The number of hydrogen-bond donors (Lipinski definition) is 2. The Balaban J connectivity index is 1.46. The smallest absolute Gasteiger partial charge is 0.343 e. The van der Waals surface area contributed by atoms with Crippen molar-refractivity contribution in [3.63, 3.8) is 0 Å². The van der Waals surface area contributed by atoms with E-state index in [0.717, 1.165) is 32.9 Å². The van der Waals surface area contributed by atoms with Gasteiger partial charge in [-0.25, -0.2) is 10.2 Å². The molecule has 2 N–H and O–H groups in total. The lowest BCUT2D eigenvalue weighted by Gasteiger charge is -2.11. The minimum absolute atomic E-state index is 0.243. The van der Waals surface area contributed by atoms with E-state index in [2.05, 4.69) is 54.3 Å². The number of benzene rings is 4. The Morgan fingerprint density at radius 3 is 2.50 bits per heavy atom. The molecule has 4 aromatic carbocycles. The number of nitrogens with one attached hydrogen (secondary N) is 2. The molecule has 5 rings (SSSR count). The van der Waals surface area contributed by atoms with Crippen LogP contribution in [0.3, 0.4) is 0 Å². The number of aryl methyl sites for hydroxylation is 1. The predicted molar refractivity (Wildman–Crippen MR) is 173 cm³/mol. The van der Waals surface area contributed by atoms with Crippen molar-refractivity contribution in [1.29, 1.82) is 0 Å². The molecule has 1 heterocycles. The maximum absolute atomic E-state index is 13.5. The lowest BCUT2D eigenvalue weighted by atomic mass is 9.99. The fourth-order valence-corrected chi connectivity index (χ4v) is 6.14. The number of esters is 1. The number of methoxy groups -OCH3 is 1. The summed E-state index contributed by atoms with van der Waals surface area (Å²) in [7, 11) is 1.55. The summed E-state index contributed by atoms with van der Waals surface area (Å²) in [6, 6.07) is 23.4. The van der Waals surface area contributed by atoms with Crippen LogP contribution in [0, 0.1) is 0 Å². The van der Waals surface area contributed by atoms with Crippen LogP contribution >= 0.6 is 43.5 Å². The molecule has 0 aliphatic rings. The summed E-state index contributed by atoms with van der Waals surface area (Å²) in [4.78, 5) is 29.7. The second-order valence-corrected chi connectivity index (χ2v) is 11.3. The normalized spacial score (nSPS) is 11.2. The van der Waals surface area contributed by atoms with Crippen LogP contribution in [0.15, 0.2) is 92.9 Å². The summed E-state index contributed by atoms with van der Waals surface area (Å²) in [5.41, 5.74) is 7.11. The number of para-hydroxylation sites is 1. The molecule has 1 aromatic heterocycles. The van der Waals surface area contributed by atoms with Gasteiger partial charge in [-0.05, 0) is 70.4 Å². The number of amides is 1. The summed E-state index contributed by atoms with van der Waals surface area (Å²) in [6.45, 7) is 2.06. The van der Waals surface area contributed by atoms with Gasteiger partial charge >= 0.3 is 5.97 Å². The number of rotatable bonds is 8. The molecule has 0 saturated heterocycles. The van der Waals surface area contributed by atoms with E-state index in [1.165, 1.54) is 6.21 Å². The predicted octanol–water partition coefficient (Wildman–Crippen LogP) is 8.57. The van der Waals surface area contributed by atoms with Crippen molar-refractivity contribution in [2.45, 2.75) is 13.3 Å². The zero-order chi connectivity index (χ0) is 29.8. The average Bonchev–Trinajstić information content (AvgIpc) is 3.38. The van der Waals surface area contributed by atoms with Crippen LogP contribution in [0.1, 0.15) is 38.9 Å². The molecule has 0 aliphatic heterocycles. The number of fused-ring (bicyclic) bond motifs is 1. The van der Waals surface area contributed by atoms with Crippen LogP contribution in [0.2, 0.25) is 5.02 Å². The van der Waals surface area contributed by atoms with Gasteiger partial charge in [-0.15, -0.1) is 0 Å². The van der Waals surface area contributed by atoms with Gasteiger partial charge in [0.1, 0.15) is 11.4 Å². The molecule has 0 atom stereocenters. The first-order valence-electron chi connectivity index (χ1n) is 12.9. The number of halogens is 3. The fourth-order valence-electron chi connectivity index (χ4n) is 4.57. The Kier molecular flexibility index (Phi) is 9.11. The summed E-state index contributed by atoms with van der Waals surface area (Å²) < 4.78 is 12.1. The number of carbonyl (C=O) groups is 2. The van der Waals surface area contributed by atoms with E-state index in [0.29, 0.717) is 37.6 Å². The molecule has 7 nitrogen and oxygen atoms in total. The molecule has 42 heavy (non-hydrogen) atoms. The van der Waals surface area contributed by atoms with Gasteiger partial charge in [-0.1, -0.05) is 70.9 Å². The van der Waals surface area contributed by atoms with Crippen LogP contribution in [-0.2, 0) is 6.42 Å². The highest BCUT2D eigenvalue weighted by Gasteiger charge is 2.22. The van der Waals surface area contributed by atoms with Gasteiger partial charge in [0.25, 0.3) is 5.91 Å². The Morgan fingerprint density at radius 2 is 1.79 bits per heavy atom. The molecular formula is C32H24Br2ClN3O4. The third kappa shape index (κ3) is 6.13. The second kappa shape index (κ2) is 12.9. The SMILES string of the molecule is CCc1cccc2c(-c3ccccc3Cl)c(C(=O)NN=Cc3cc(Br)cc(Br)c3OC(=O)c3ccc(OC)cc3)[nH]c12. The fraction of sp³-hybridized carbons (Fsp3) is 0.0938.